The van der Waals surface area contributed by atoms with Crippen molar-refractivity contribution in [3.05, 3.63) is 47.5 Å². The molecule has 4 rings (SSSR count). The van der Waals surface area contributed by atoms with Crippen LogP contribution in [0.15, 0.2) is 36.4 Å². The van der Waals surface area contributed by atoms with Gasteiger partial charge in [0.1, 0.15) is 0 Å². The minimum atomic E-state index is -0.922. The quantitative estimate of drug-likeness (QED) is 0.667. The van der Waals surface area contributed by atoms with Crippen molar-refractivity contribution < 1.29 is 19.2 Å². The van der Waals surface area contributed by atoms with E-state index in [9.17, 15) is 0 Å². The molecular weight excluding hydrogens is 232 g/mol. The second kappa shape index (κ2) is 3.52. The van der Waals surface area contributed by atoms with Gasteiger partial charge in [-0.15, -0.1) is 0 Å². The second-order valence-electron chi connectivity index (χ2n) is 4.63. The highest BCUT2D eigenvalue weighted by Gasteiger charge is 2.43. The van der Waals surface area contributed by atoms with Crippen molar-refractivity contribution in [3.8, 4) is 0 Å². The average molecular weight is 244 g/mol. The largest absolute Gasteiger partial charge is 0.319 e. The van der Waals surface area contributed by atoms with E-state index in [1.54, 1.807) is 0 Å². The Labute approximate surface area is 104 Å². The molecule has 18 heavy (non-hydrogen) atoms. The van der Waals surface area contributed by atoms with E-state index in [0.717, 1.165) is 21.9 Å². The standard InChI is InChI=1S/C14H12O4/c1-14-11-7-3-5-9-4-2-6-10(12(9)11)13(17-14)15-8-16-18-14/h2-7,13H,8H2,1H3. The zero-order valence-corrected chi connectivity index (χ0v) is 9.88. The summed E-state index contributed by atoms with van der Waals surface area (Å²) in [6, 6.07) is 12.2. The van der Waals surface area contributed by atoms with Crippen LogP contribution in [0.3, 0.4) is 0 Å². The molecule has 2 atom stereocenters. The number of hydrogen-bond acceptors (Lipinski definition) is 4. The maximum atomic E-state index is 5.88. The van der Waals surface area contributed by atoms with Crippen LogP contribution < -0.4 is 0 Å². The molecule has 2 aliphatic heterocycles. The van der Waals surface area contributed by atoms with Gasteiger partial charge < -0.3 is 9.47 Å². The number of hydrogen-bond donors (Lipinski definition) is 0. The van der Waals surface area contributed by atoms with Crippen LogP contribution in [0, 0.1) is 0 Å². The molecule has 2 unspecified atom stereocenters. The number of ether oxygens (including phenoxy) is 2. The third-order valence-corrected chi connectivity index (χ3v) is 3.50. The molecule has 4 heteroatoms. The Balaban J connectivity index is 2.11. The zero-order chi connectivity index (χ0) is 12.2. The maximum Gasteiger partial charge on any atom is 0.228 e. The fraction of sp³-hybridized carbons (Fsp3) is 0.286. The molecule has 0 N–H and O–H groups in total. The van der Waals surface area contributed by atoms with Gasteiger partial charge in [0.2, 0.25) is 5.79 Å². The van der Waals surface area contributed by atoms with E-state index in [0.29, 0.717) is 0 Å². The Kier molecular flexibility index (Phi) is 2.05. The van der Waals surface area contributed by atoms with Crippen molar-refractivity contribution in [1.82, 2.24) is 0 Å². The van der Waals surface area contributed by atoms with Gasteiger partial charge in [0.25, 0.3) is 0 Å². The maximum absolute atomic E-state index is 5.88. The van der Waals surface area contributed by atoms with Gasteiger partial charge >= 0.3 is 0 Å². The fourth-order valence-electron chi connectivity index (χ4n) is 2.69. The lowest BCUT2D eigenvalue weighted by atomic mass is 9.92. The smallest absolute Gasteiger partial charge is 0.228 e. The molecule has 0 radical (unpaired) electrons. The van der Waals surface area contributed by atoms with Crippen LogP contribution >= 0.6 is 0 Å². The van der Waals surface area contributed by atoms with Crippen molar-refractivity contribution in [2.24, 2.45) is 0 Å². The summed E-state index contributed by atoms with van der Waals surface area (Å²) < 4.78 is 11.4. The molecule has 0 aliphatic carbocycles. The van der Waals surface area contributed by atoms with Crippen LogP contribution in [0.1, 0.15) is 24.3 Å². The Bertz CT molecular complexity index is 619. The first-order valence-corrected chi connectivity index (χ1v) is 5.90. The first kappa shape index (κ1) is 10.5. The third-order valence-electron chi connectivity index (χ3n) is 3.50. The van der Waals surface area contributed by atoms with Crippen molar-refractivity contribution in [2.45, 2.75) is 19.0 Å². The Hall–Kier alpha value is -1.46. The van der Waals surface area contributed by atoms with Crippen LogP contribution in [0.5, 0.6) is 0 Å². The van der Waals surface area contributed by atoms with Crippen LogP contribution in [0.25, 0.3) is 10.8 Å². The van der Waals surface area contributed by atoms with E-state index >= 15 is 0 Å². The van der Waals surface area contributed by atoms with Gasteiger partial charge in [-0.05, 0) is 17.7 Å². The van der Waals surface area contributed by atoms with E-state index in [2.05, 4.69) is 12.1 Å². The predicted octanol–water partition coefficient (Wildman–Crippen LogP) is 2.98. The average Bonchev–Trinajstić information content (AvgIpc) is 2.57. The molecule has 0 aromatic heterocycles. The normalized spacial score (nSPS) is 30.2. The summed E-state index contributed by atoms with van der Waals surface area (Å²) in [4.78, 5) is 10.4. The van der Waals surface area contributed by atoms with Gasteiger partial charge in [-0.2, -0.15) is 4.89 Å². The van der Waals surface area contributed by atoms with E-state index in [-0.39, 0.29) is 6.79 Å². The summed E-state index contributed by atoms with van der Waals surface area (Å²) in [6.45, 7) is 1.91. The predicted molar refractivity (Wildman–Crippen MR) is 63.2 cm³/mol. The van der Waals surface area contributed by atoms with Crippen molar-refractivity contribution in [2.75, 3.05) is 6.79 Å². The van der Waals surface area contributed by atoms with E-state index in [4.69, 9.17) is 19.2 Å². The highest BCUT2D eigenvalue weighted by atomic mass is 17.3. The third kappa shape index (κ3) is 1.29. The summed E-state index contributed by atoms with van der Waals surface area (Å²) in [6.07, 6.45) is -0.448. The van der Waals surface area contributed by atoms with Gasteiger partial charge in [-0.3, -0.25) is 0 Å². The van der Waals surface area contributed by atoms with Gasteiger partial charge in [0.05, 0.1) is 0 Å². The minimum Gasteiger partial charge on any atom is -0.319 e. The van der Waals surface area contributed by atoms with E-state index in [1.807, 2.05) is 31.2 Å². The van der Waals surface area contributed by atoms with Gasteiger partial charge in [0, 0.05) is 11.1 Å². The van der Waals surface area contributed by atoms with Crippen LogP contribution in [0.4, 0.5) is 0 Å². The lowest BCUT2D eigenvalue weighted by Gasteiger charge is -2.35. The molecule has 0 spiro atoms. The Morgan fingerprint density at radius 2 is 2.00 bits per heavy atom. The monoisotopic (exact) mass is 244 g/mol. The molecule has 0 saturated carbocycles. The summed E-state index contributed by atoms with van der Waals surface area (Å²) in [5.41, 5.74) is 1.99. The van der Waals surface area contributed by atoms with E-state index in [1.165, 1.54) is 0 Å². The van der Waals surface area contributed by atoms with Gasteiger partial charge in [-0.1, -0.05) is 36.4 Å². The molecule has 2 aromatic carbocycles. The zero-order valence-electron chi connectivity index (χ0n) is 9.88. The summed E-state index contributed by atoms with van der Waals surface area (Å²) in [5, 5.41) is 2.28. The fourth-order valence-corrected chi connectivity index (χ4v) is 2.69. The second-order valence-corrected chi connectivity index (χ2v) is 4.63. The topological polar surface area (TPSA) is 36.9 Å². The summed E-state index contributed by atoms with van der Waals surface area (Å²) in [7, 11) is 0. The molecule has 0 amide bonds. The first-order chi connectivity index (χ1) is 8.78. The number of benzene rings is 2. The van der Waals surface area contributed by atoms with Crippen LogP contribution in [0.2, 0.25) is 0 Å². The minimum absolute atomic E-state index is 0.0602. The molecule has 1 saturated heterocycles. The SMILES string of the molecule is CC12OOCOC(O1)c1cccc3cccc2c13. The van der Waals surface area contributed by atoms with E-state index < -0.39 is 12.1 Å². The van der Waals surface area contributed by atoms with Gasteiger partial charge in [0.15, 0.2) is 13.1 Å². The Morgan fingerprint density at radius 1 is 1.17 bits per heavy atom. The molecule has 92 valence electrons. The van der Waals surface area contributed by atoms with Crippen molar-refractivity contribution in [1.29, 1.82) is 0 Å². The highest BCUT2D eigenvalue weighted by Crippen LogP contribution is 2.46. The molecular formula is C14H12O4. The number of rotatable bonds is 0. The summed E-state index contributed by atoms with van der Waals surface area (Å²) >= 11 is 0. The lowest BCUT2D eigenvalue weighted by Crippen LogP contribution is -2.33. The van der Waals surface area contributed by atoms with Crippen molar-refractivity contribution >= 4 is 10.8 Å². The van der Waals surface area contributed by atoms with Crippen LogP contribution in [-0.4, -0.2) is 6.79 Å². The first-order valence-electron chi connectivity index (χ1n) is 5.90. The molecule has 1 fully saturated rings. The molecule has 4 nitrogen and oxygen atoms in total. The highest BCUT2D eigenvalue weighted by molar-refractivity contribution is 5.90. The lowest BCUT2D eigenvalue weighted by molar-refractivity contribution is -0.423. The Morgan fingerprint density at radius 3 is 2.89 bits per heavy atom. The number of fused-ring (bicyclic) bond motifs is 4. The van der Waals surface area contributed by atoms with Crippen LogP contribution in [-0.2, 0) is 25.0 Å². The molecule has 2 aliphatic rings. The molecule has 2 aromatic rings. The molecule has 2 heterocycles. The summed E-state index contributed by atoms with van der Waals surface area (Å²) in [5.74, 6) is -0.922. The van der Waals surface area contributed by atoms with Crippen molar-refractivity contribution in [3.63, 3.8) is 0 Å². The van der Waals surface area contributed by atoms with Gasteiger partial charge in [-0.25, -0.2) is 4.89 Å². The molecule has 2 bridgehead atoms.